The summed E-state index contributed by atoms with van der Waals surface area (Å²) in [5.41, 5.74) is 15.3. The first-order valence-corrected chi connectivity index (χ1v) is 23.7. The molecule has 4 aromatic carbocycles. The van der Waals surface area contributed by atoms with Gasteiger partial charge in [-0.3, -0.25) is 0 Å². The number of aryl methyl sites for hydroxylation is 6. The van der Waals surface area contributed by atoms with Gasteiger partial charge >= 0.3 is 0 Å². The number of hydrogen-bond acceptors (Lipinski definition) is 8. The third-order valence-corrected chi connectivity index (χ3v) is 12.5. The zero-order chi connectivity index (χ0) is 43.1. The largest absolute Gasteiger partial charge is 0.493 e. The minimum Gasteiger partial charge on any atom is -0.493 e. The minimum atomic E-state index is 0.764. The van der Waals surface area contributed by atoms with Crippen LogP contribution < -0.4 is 19.3 Å². The van der Waals surface area contributed by atoms with E-state index >= 15 is 0 Å². The van der Waals surface area contributed by atoms with Crippen LogP contribution in [0.4, 0.5) is 34.1 Å². The molecule has 0 atom stereocenters. The minimum absolute atomic E-state index is 0.764. The lowest BCUT2D eigenvalue weighted by Crippen LogP contribution is -2.46. The van der Waals surface area contributed by atoms with Crippen molar-refractivity contribution in [2.75, 3.05) is 29.7 Å². The van der Waals surface area contributed by atoms with Gasteiger partial charge in [0.2, 0.25) is 0 Å². The molecule has 0 saturated carbocycles. The average Bonchev–Trinajstić information content (AvgIpc) is 3.23. The second-order valence-corrected chi connectivity index (χ2v) is 17.9. The van der Waals surface area contributed by atoms with E-state index in [9.17, 15) is 0 Å². The molecular formula is C53H74N6O2. The van der Waals surface area contributed by atoms with Crippen LogP contribution in [0.5, 0.6) is 11.5 Å². The Bertz CT molecular complexity index is 1930. The van der Waals surface area contributed by atoms with E-state index in [2.05, 4.69) is 114 Å². The van der Waals surface area contributed by atoms with E-state index < -0.39 is 0 Å². The number of azo groups is 2. The van der Waals surface area contributed by atoms with Gasteiger partial charge in [0, 0.05) is 24.5 Å². The highest BCUT2D eigenvalue weighted by Crippen LogP contribution is 2.43. The van der Waals surface area contributed by atoms with Crippen molar-refractivity contribution in [3.8, 4) is 11.5 Å². The highest BCUT2D eigenvalue weighted by atomic mass is 16.5. The number of fused-ring (bicyclic) bond motifs is 6. The van der Waals surface area contributed by atoms with Crippen LogP contribution in [-0.4, -0.2) is 19.9 Å². The highest BCUT2D eigenvalue weighted by Gasteiger charge is 2.31. The molecule has 0 aliphatic carbocycles. The van der Waals surface area contributed by atoms with Crippen LogP contribution in [0.15, 0.2) is 69.0 Å². The van der Waals surface area contributed by atoms with Gasteiger partial charge in [-0.15, -0.1) is 0 Å². The molecule has 8 heteroatoms. The summed E-state index contributed by atoms with van der Waals surface area (Å²) in [6, 6.07) is 17.4. The molecule has 2 bridgehead atoms. The molecule has 8 nitrogen and oxygen atoms in total. The van der Waals surface area contributed by atoms with E-state index in [4.69, 9.17) is 29.9 Å². The van der Waals surface area contributed by atoms with E-state index in [1.807, 2.05) is 0 Å². The molecule has 0 N–H and O–H groups in total. The van der Waals surface area contributed by atoms with Gasteiger partial charge in [-0.25, -0.2) is 0 Å². The smallest absolute Gasteiger partial charge is 0.125 e. The number of unbranched alkanes of at least 4 members (excludes halogenated alkanes) is 14. The number of benzene rings is 4. The topological polar surface area (TPSA) is 74.4 Å². The first-order chi connectivity index (χ1) is 29.6. The third kappa shape index (κ3) is 12.7. The molecule has 0 aromatic heterocycles. The van der Waals surface area contributed by atoms with Crippen LogP contribution in [0, 0.1) is 41.5 Å². The van der Waals surface area contributed by atoms with Gasteiger partial charge in [0.15, 0.2) is 0 Å². The van der Waals surface area contributed by atoms with Gasteiger partial charge < -0.3 is 19.3 Å². The molecule has 4 aromatic rings. The molecule has 0 amide bonds. The van der Waals surface area contributed by atoms with Gasteiger partial charge in [0.05, 0.1) is 42.6 Å². The Hall–Kier alpha value is -4.72. The van der Waals surface area contributed by atoms with Crippen molar-refractivity contribution in [2.24, 2.45) is 20.5 Å². The van der Waals surface area contributed by atoms with Crippen LogP contribution in [-0.2, 0) is 13.1 Å². The second-order valence-electron chi connectivity index (χ2n) is 17.9. The van der Waals surface area contributed by atoms with Gasteiger partial charge in [0.25, 0.3) is 0 Å². The molecule has 2 aliphatic rings. The molecule has 0 unspecified atom stereocenters. The number of ether oxygens (including phenoxy) is 2. The maximum absolute atomic E-state index is 6.26. The molecule has 2 aliphatic heterocycles. The molecule has 0 spiro atoms. The Morgan fingerprint density at radius 1 is 0.410 bits per heavy atom. The molecule has 6 rings (SSSR count). The van der Waals surface area contributed by atoms with Crippen LogP contribution in [0.2, 0.25) is 0 Å². The van der Waals surface area contributed by atoms with Crippen LogP contribution in [0.3, 0.4) is 0 Å². The fraction of sp³-hybridized carbons (Fsp3) is 0.547. The summed E-state index contributed by atoms with van der Waals surface area (Å²) in [6.45, 7) is 21.3. The SMILES string of the molecule is CCCCCCCCCCOc1c(C)cc(N=Nc2cc3c(cc2C)CN2CN3Cc3cc(C)c(N=Nc4cc(C)c(OCCCCCCCCCC)c(C)c4)cc32)cc1C. The standard InChI is InChI=1S/C53H74N6O2/c1-9-11-13-15-17-19-21-23-25-60-52-40(5)29-46(30-41(52)6)54-56-48-33-50-44(27-38(48)3)35-59-37-58(50)36-45-28-39(4)49(34-51(45)59)57-55-47-31-42(7)53(43(8)32-47)61-26-24-22-20-18-16-14-12-10-2/h27-34H,9-26,35-37H2,1-8H3. The van der Waals surface area contributed by atoms with E-state index in [1.54, 1.807) is 0 Å². The van der Waals surface area contributed by atoms with E-state index in [-0.39, 0.29) is 0 Å². The Balaban J connectivity index is 1.05. The highest BCUT2D eigenvalue weighted by molar-refractivity contribution is 5.74. The first kappa shape index (κ1) is 45.8. The number of hydrogen-bond donors (Lipinski definition) is 0. The first-order valence-electron chi connectivity index (χ1n) is 23.7. The predicted octanol–water partition coefficient (Wildman–Crippen LogP) is 16.7. The Kier molecular flexibility index (Phi) is 17.2. The van der Waals surface area contributed by atoms with Crippen molar-refractivity contribution in [3.05, 3.63) is 93.0 Å². The summed E-state index contributed by atoms with van der Waals surface area (Å²) in [5.74, 6) is 1.97. The Morgan fingerprint density at radius 3 is 1.11 bits per heavy atom. The lowest BCUT2D eigenvalue weighted by Gasteiger charge is -2.45. The number of anilines is 2. The van der Waals surface area contributed by atoms with Crippen molar-refractivity contribution in [1.29, 1.82) is 0 Å². The monoisotopic (exact) mass is 827 g/mol. The van der Waals surface area contributed by atoms with Crippen molar-refractivity contribution < 1.29 is 9.47 Å². The quantitative estimate of drug-likeness (QED) is 0.0521. The number of rotatable bonds is 24. The third-order valence-electron chi connectivity index (χ3n) is 12.5. The molecule has 61 heavy (non-hydrogen) atoms. The fourth-order valence-electron chi connectivity index (χ4n) is 9.06. The summed E-state index contributed by atoms with van der Waals surface area (Å²) >= 11 is 0. The summed E-state index contributed by atoms with van der Waals surface area (Å²) in [6.07, 6.45) is 20.8. The maximum Gasteiger partial charge on any atom is 0.125 e. The van der Waals surface area contributed by atoms with Crippen molar-refractivity contribution in [1.82, 2.24) is 0 Å². The van der Waals surface area contributed by atoms with Crippen molar-refractivity contribution in [3.63, 3.8) is 0 Å². The molecule has 0 saturated heterocycles. The van der Waals surface area contributed by atoms with Crippen LogP contribution in [0.25, 0.3) is 0 Å². The number of nitrogens with zero attached hydrogens (tertiary/aromatic N) is 6. The summed E-state index contributed by atoms with van der Waals surface area (Å²) in [4.78, 5) is 4.91. The Morgan fingerprint density at radius 2 is 0.754 bits per heavy atom. The van der Waals surface area contributed by atoms with Gasteiger partial charge in [-0.05, 0) is 135 Å². The fourth-order valence-corrected chi connectivity index (χ4v) is 9.06. The molecule has 0 fully saturated rings. The van der Waals surface area contributed by atoms with Gasteiger partial charge in [0.1, 0.15) is 11.5 Å². The van der Waals surface area contributed by atoms with Crippen molar-refractivity contribution >= 4 is 34.1 Å². The Labute approximate surface area is 368 Å². The van der Waals surface area contributed by atoms with Crippen LogP contribution in [0.1, 0.15) is 161 Å². The second kappa shape index (κ2) is 22.9. The average molecular weight is 827 g/mol. The molecular weight excluding hydrogens is 753 g/mol. The summed E-state index contributed by atoms with van der Waals surface area (Å²) in [5, 5.41) is 19.1. The molecule has 0 radical (unpaired) electrons. The van der Waals surface area contributed by atoms with Gasteiger partial charge in [-0.1, -0.05) is 116 Å². The zero-order valence-corrected chi connectivity index (χ0v) is 39.0. The zero-order valence-electron chi connectivity index (χ0n) is 39.0. The lowest BCUT2D eigenvalue weighted by atomic mass is 9.98. The maximum atomic E-state index is 6.26. The summed E-state index contributed by atoms with van der Waals surface area (Å²) < 4.78 is 12.5. The van der Waals surface area contributed by atoms with E-state index in [1.165, 1.54) is 112 Å². The van der Waals surface area contributed by atoms with Crippen LogP contribution >= 0.6 is 0 Å². The predicted molar refractivity (Wildman–Crippen MR) is 256 cm³/mol. The van der Waals surface area contributed by atoms with E-state index in [0.717, 1.165) is 113 Å². The molecule has 328 valence electrons. The lowest BCUT2D eigenvalue weighted by molar-refractivity contribution is 0.300. The van der Waals surface area contributed by atoms with E-state index in [0.29, 0.717) is 0 Å². The van der Waals surface area contributed by atoms with Gasteiger partial charge in [-0.2, -0.15) is 20.5 Å². The van der Waals surface area contributed by atoms with Crippen molar-refractivity contribution in [2.45, 2.75) is 171 Å². The normalized spacial score (nSPS) is 13.4. The summed E-state index contributed by atoms with van der Waals surface area (Å²) in [7, 11) is 0. The molecule has 2 heterocycles.